The van der Waals surface area contributed by atoms with Crippen LogP contribution in [-0.2, 0) is 0 Å². The smallest absolute Gasteiger partial charge is 0.0428 e. The Kier molecular flexibility index (Phi) is 4.62. The largest absolute Gasteiger partial charge is 0.306 e. The Bertz CT molecular complexity index is 340. The van der Waals surface area contributed by atoms with Gasteiger partial charge in [0.15, 0.2) is 0 Å². The number of benzene rings is 1. The molecule has 1 aliphatic heterocycles. The Labute approximate surface area is 107 Å². The third-order valence-electron chi connectivity index (χ3n) is 2.76. The van der Waals surface area contributed by atoms with Crippen molar-refractivity contribution in [3.8, 4) is 0 Å². The van der Waals surface area contributed by atoms with Gasteiger partial charge in [-0.3, -0.25) is 0 Å². The first-order valence-electron chi connectivity index (χ1n) is 5.86. The van der Waals surface area contributed by atoms with Gasteiger partial charge in [-0.1, -0.05) is 25.1 Å². The van der Waals surface area contributed by atoms with Crippen molar-refractivity contribution in [3.05, 3.63) is 29.8 Å². The number of thioether (sulfide) groups is 2. The monoisotopic (exact) mass is 253 g/mol. The highest BCUT2D eigenvalue weighted by atomic mass is 32.2. The lowest BCUT2D eigenvalue weighted by molar-refractivity contribution is 0.518. The molecule has 1 nitrogen and oxygen atoms in total. The number of hydrogen-bond donors (Lipinski definition) is 1. The van der Waals surface area contributed by atoms with Gasteiger partial charge in [-0.25, -0.2) is 0 Å². The molecule has 0 fully saturated rings. The van der Waals surface area contributed by atoms with Crippen LogP contribution in [0.1, 0.15) is 25.5 Å². The van der Waals surface area contributed by atoms with Gasteiger partial charge >= 0.3 is 0 Å². The summed E-state index contributed by atoms with van der Waals surface area (Å²) in [6, 6.07) is 9.91. The third-order valence-corrected chi connectivity index (χ3v) is 5.08. The van der Waals surface area contributed by atoms with Crippen LogP contribution in [0.25, 0.3) is 0 Å². The molecule has 0 saturated heterocycles. The second kappa shape index (κ2) is 5.99. The van der Waals surface area contributed by atoms with E-state index in [0.717, 1.165) is 0 Å². The summed E-state index contributed by atoms with van der Waals surface area (Å²) >= 11 is 3.98. The van der Waals surface area contributed by atoms with E-state index in [1.807, 2.05) is 23.5 Å². The van der Waals surface area contributed by atoms with E-state index in [9.17, 15) is 0 Å². The Morgan fingerprint density at radius 1 is 1.50 bits per heavy atom. The predicted octanol–water partition coefficient (Wildman–Crippen LogP) is 3.56. The van der Waals surface area contributed by atoms with Gasteiger partial charge in [0, 0.05) is 28.5 Å². The van der Waals surface area contributed by atoms with Crippen molar-refractivity contribution in [2.75, 3.05) is 17.3 Å². The zero-order valence-electron chi connectivity index (χ0n) is 9.90. The summed E-state index contributed by atoms with van der Waals surface area (Å²) in [6.45, 7) is 4.51. The first-order valence-corrected chi connectivity index (χ1v) is 8.00. The second-order valence-electron chi connectivity index (χ2n) is 4.13. The maximum absolute atomic E-state index is 3.73. The lowest BCUT2D eigenvalue weighted by Crippen LogP contribution is -2.32. The molecule has 1 aromatic rings. The SMILES string of the molecule is CCSCC(C)NC1CSc2ccccc21. The van der Waals surface area contributed by atoms with Gasteiger partial charge < -0.3 is 5.32 Å². The molecule has 16 heavy (non-hydrogen) atoms. The molecule has 2 unspecified atom stereocenters. The van der Waals surface area contributed by atoms with E-state index in [1.165, 1.54) is 27.7 Å². The van der Waals surface area contributed by atoms with Gasteiger partial charge in [-0.05, 0) is 24.3 Å². The molecule has 0 bridgehead atoms. The van der Waals surface area contributed by atoms with E-state index in [1.54, 1.807) is 0 Å². The highest BCUT2D eigenvalue weighted by Gasteiger charge is 2.23. The van der Waals surface area contributed by atoms with Crippen molar-refractivity contribution in [2.24, 2.45) is 0 Å². The molecule has 88 valence electrons. The lowest BCUT2D eigenvalue weighted by Gasteiger charge is -2.19. The molecule has 1 aromatic carbocycles. The minimum atomic E-state index is 0.550. The van der Waals surface area contributed by atoms with Crippen molar-refractivity contribution in [1.29, 1.82) is 0 Å². The topological polar surface area (TPSA) is 12.0 Å². The third kappa shape index (κ3) is 2.96. The normalized spacial score (nSPS) is 20.8. The first-order chi connectivity index (χ1) is 7.81. The summed E-state index contributed by atoms with van der Waals surface area (Å²) in [6.07, 6.45) is 0. The van der Waals surface area contributed by atoms with Crippen LogP contribution in [0.3, 0.4) is 0 Å². The molecule has 0 amide bonds. The van der Waals surface area contributed by atoms with Gasteiger partial charge in [0.05, 0.1) is 0 Å². The van der Waals surface area contributed by atoms with Crippen molar-refractivity contribution < 1.29 is 0 Å². The van der Waals surface area contributed by atoms with Crippen molar-refractivity contribution >= 4 is 23.5 Å². The van der Waals surface area contributed by atoms with E-state index in [-0.39, 0.29) is 0 Å². The molecule has 0 saturated carbocycles. The van der Waals surface area contributed by atoms with E-state index < -0.39 is 0 Å². The fourth-order valence-corrected chi connectivity index (χ4v) is 3.85. The van der Waals surface area contributed by atoms with Crippen LogP contribution in [0, 0.1) is 0 Å². The molecule has 1 aliphatic rings. The van der Waals surface area contributed by atoms with Crippen LogP contribution in [0.5, 0.6) is 0 Å². The van der Waals surface area contributed by atoms with Crippen LogP contribution in [-0.4, -0.2) is 23.3 Å². The molecule has 2 rings (SSSR count). The van der Waals surface area contributed by atoms with E-state index in [0.29, 0.717) is 12.1 Å². The van der Waals surface area contributed by atoms with Gasteiger partial charge in [-0.15, -0.1) is 11.8 Å². The van der Waals surface area contributed by atoms with Gasteiger partial charge in [0.25, 0.3) is 0 Å². The maximum atomic E-state index is 3.73. The zero-order valence-corrected chi connectivity index (χ0v) is 11.5. The fraction of sp³-hybridized carbons (Fsp3) is 0.538. The van der Waals surface area contributed by atoms with Crippen LogP contribution in [0.4, 0.5) is 0 Å². The number of fused-ring (bicyclic) bond motifs is 1. The van der Waals surface area contributed by atoms with E-state index >= 15 is 0 Å². The Balaban J connectivity index is 1.92. The van der Waals surface area contributed by atoms with E-state index in [4.69, 9.17) is 0 Å². The fourth-order valence-electron chi connectivity index (χ4n) is 1.99. The standard InChI is InChI=1S/C13H19NS2/c1-3-15-8-10(2)14-12-9-16-13-7-5-4-6-11(12)13/h4-7,10,12,14H,3,8-9H2,1-2H3. The Morgan fingerprint density at radius 3 is 3.12 bits per heavy atom. The number of nitrogens with one attached hydrogen (secondary N) is 1. The number of rotatable bonds is 5. The molecule has 2 atom stereocenters. The van der Waals surface area contributed by atoms with Gasteiger partial charge in [-0.2, -0.15) is 11.8 Å². The summed E-state index contributed by atoms with van der Waals surface area (Å²) in [5.41, 5.74) is 1.49. The van der Waals surface area contributed by atoms with Crippen LogP contribution < -0.4 is 5.32 Å². The average molecular weight is 253 g/mol. The van der Waals surface area contributed by atoms with Crippen molar-refractivity contribution in [3.63, 3.8) is 0 Å². The Morgan fingerprint density at radius 2 is 2.31 bits per heavy atom. The molecule has 0 aromatic heterocycles. The molecular formula is C13H19NS2. The van der Waals surface area contributed by atoms with Crippen LogP contribution in [0.2, 0.25) is 0 Å². The van der Waals surface area contributed by atoms with Crippen molar-refractivity contribution in [1.82, 2.24) is 5.32 Å². The van der Waals surface area contributed by atoms with Crippen LogP contribution in [0.15, 0.2) is 29.2 Å². The average Bonchev–Trinajstić information content (AvgIpc) is 2.70. The molecule has 1 N–H and O–H groups in total. The van der Waals surface area contributed by atoms with Crippen LogP contribution >= 0.6 is 23.5 Å². The van der Waals surface area contributed by atoms with Gasteiger partial charge in [0.1, 0.15) is 0 Å². The quantitative estimate of drug-likeness (QED) is 0.861. The Hall–Kier alpha value is -0.120. The molecule has 3 heteroatoms. The molecule has 1 heterocycles. The summed E-state index contributed by atoms with van der Waals surface area (Å²) in [5.74, 6) is 3.60. The molecule has 0 radical (unpaired) electrons. The lowest BCUT2D eigenvalue weighted by atomic mass is 10.1. The highest BCUT2D eigenvalue weighted by molar-refractivity contribution is 7.99. The predicted molar refractivity (Wildman–Crippen MR) is 75.5 cm³/mol. The highest BCUT2D eigenvalue weighted by Crippen LogP contribution is 2.37. The maximum Gasteiger partial charge on any atom is 0.0428 e. The van der Waals surface area contributed by atoms with Gasteiger partial charge in [0.2, 0.25) is 0 Å². The summed E-state index contributed by atoms with van der Waals surface area (Å²) < 4.78 is 0. The summed E-state index contributed by atoms with van der Waals surface area (Å²) in [5, 5.41) is 3.73. The minimum absolute atomic E-state index is 0.550. The molecule has 0 aliphatic carbocycles. The summed E-state index contributed by atoms with van der Waals surface area (Å²) in [7, 11) is 0. The molecular weight excluding hydrogens is 234 g/mol. The molecule has 0 spiro atoms. The first kappa shape index (κ1) is 12.3. The van der Waals surface area contributed by atoms with E-state index in [2.05, 4.69) is 43.4 Å². The second-order valence-corrected chi connectivity index (χ2v) is 6.51. The summed E-state index contributed by atoms with van der Waals surface area (Å²) in [4.78, 5) is 1.45. The number of hydrogen-bond acceptors (Lipinski definition) is 3. The zero-order chi connectivity index (χ0) is 11.4. The minimum Gasteiger partial charge on any atom is -0.306 e. The van der Waals surface area contributed by atoms with Crippen molar-refractivity contribution in [2.45, 2.75) is 30.8 Å².